The first kappa shape index (κ1) is 21.0. The Morgan fingerprint density at radius 1 is 1.13 bits per heavy atom. The van der Waals surface area contributed by atoms with Crippen molar-refractivity contribution in [1.29, 1.82) is 0 Å². The number of nitrogens with zero attached hydrogens (tertiary/aromatic N) is 2. The van der Waals surface area contributed by atoms with E-state index >= 15 is 0 Å². The van der Waals surface area contributed by atoms with Crippen LogP contribution in [0.3, 0.4) is 0 Å². The molecule has 0 saturated carbocycles. The number of amides is 1. The zero-order chi connectivity index (χ0) is 22.0. The van der Waals surface area contributed by atoms with E-state index in [2.05, 4.69) is 15.5 Å². The molecule has 2 aromatic heterocycles. The summed E-state index contributed by atoms with van der Waals surface area (Å²) in [7, 11) is 0. The van der Waals surface area contributed by atoms with Gasteiger partial charge in [-0.25, -0.2) is 0 Å². The molecule has 1 aliphatic rings. The maximum Gasteiger partial charge on any atom is 0.416 e. The number of carbonyl (C=O) groups is 1. The third kappa shape index (κ3) is 4.92. The summed E-state index contributed by atoms with van der Waals surface area (Å²) < 4.78 is 49.6. The van der Waals surface area contributed by atoms with E-state index < -0.39 is 17.6 Å². The molecule has 4 rings (SSSR count). The number of nitrogens with one attached hydrogen (secondary N) is 1. The molecule has 31 heavy (non-hydrogen) atoms. The summed E-state index contributed by atoms with van der Waals surface area (Å²) in [6.45, 7) is 0. The van der Waals surface area contributed by atoms with Crippen molar-refractivity contribution in [1.82, 2.24) is 5.32 Å². The lowest BCUT2D eigenvalue weighted by molar-refractivity contribution is -0.137. The van der Waals surface area contributed by atoms with Crippen molar-refractivity contribution in [2.45, 2.75) is 6.18 Å². The first-order valence-electron chi connectivity index (χ1n) is 8.62. The van der Waals surface area contributed by atoms with Crippen LogP contribution in [0.2, 0.25) is 5.02 Å². The second-order valence-corrected chi connectivity index (χ2v) is 7.56. The molecule has 158 valence electrons. The molecule has 6 nitrogen and oxygen atoms in total. The zero-order valence-electron chi connectivity index (χ0n) is 15.3. The molecule has 0 atom stereocenters. The number of furan rings is 2. The molecule has 1 fully saturated rings. The van der Waals surface area contributed by atoms with Gasteiger partial charge in [-0.2, -0.15) is 18.3 Å². The fourth-order valence-electron chi connectivity index (χ4n) is 2.57. The van der Waals surface area contributed by atoms with Gasteiger partial charge in [0, 0.05) is 11.6 Å². The number of benzene rings is 1. The molecule has 0 aliphatic carbocycles. The number of hydrogen-bond acceptors (Lipinski definition) is 6. The Morgan fingerprint density at radius 2 is 1.97 bits per heavy atom. The largest absolute Gasteiger partial charge is 0.463 e. The van der Waals surface area contributed by atoms with Gasteiger partial charge in [0.05, 0.1) is 28.0 Å². The van der Waals surface area contributed by atoms with Crippen LogP contribution in [0.15, 0.2) is 72.7 Å². The lowest BCUT2D eigenvalue weighted by atomic mass is 10.1. The number of amidine groups is 1. The summed E-state index contributed by atoms with van der Waals surface area (Å²) in [6, 6.07) is 9.37. The summed E-state index contributed by atoms with van der Waals surface area (Å²) in [5, 5.41) is 10.6. The van der Waals surface area contributed by atoms with Crippen molar-refractivity contribution < 1.29 is 26.8 Å². The topological polar surface area (TPSA) is 80.1 Å². The molecule has 0 bridgehead atoms. The number of hydrogen-bond donors (Lipinski definition) is 1. The summed E-state index contributed by atoms with van der Waals surface area (Å²) in [5.74, 6) is 0.502. The van der Waals surface area contributed by atoms with Gasteiger partial charge in [0.1, 0.15) is 17.3 Å². The molecule has 3 aromatic rings. The Morgan fingerprint density at radius 3 is 2.71 bits per heavy atom. The predicted molar refractivity (Wildman–Crippen MR) is 112 cm³/mol. The van der Waals surface area contributed by atoms with Crippen molar-refractivity contribution in [2.75, 3.05) is 0 Å². The van der Waals surface area contributed by atoms with Gasteiger partial charge in [-0.15, -0.1) is 5.10 Å². The van der Waals surface area contributed by atoms with E-state index in [1.54, 1.807) is 12.1 Å². The van der Waals surface area contributed by atoms with E-state index in [0.29, 0.717) is 5.76 Å². The number of carbonyl (C=O) groups excluding carboxylic acids is 1. The van der Waals surface area contributed by atoms with Gasteiger partial charge < -0.3 is 8.83 Å². The van der Waals surface area contributed by atoms with Gasteiger partial charge in [0.15, 0.2) is 5.17 Å². The molecule has 11 heteroatoms. The second kappa shape index (κ2) is 8.48. The molecule has 1 saturated heterocycles. The fourth-order valence-corrected chi connectivity index (χ4v) is 3.54. The van der Waals surface area contributed by atoms with Gasteiger partial charge in [-0.1, -0.05) is 11.6 Å². The van der Waals surface area contributed by atoms with Gasteiger partial charge >= 0.3 is 6.18 Å². The molecule has 3 heterocycles. The molecule has 1 aliphatic heterocycles. The lowest BCUT2D eigenvalue weighted by Crippen LogP contribution is -2.19. The first-order chi connectivity index (χ1) is 14.8. The molecule has 1 N–H and O–H groups in total. The second-order valence-electron chi connectivity index (χ2n) is 6.12. The van der Waals surface area contributed by atoms with Crippen LogP contribution in [0, 0.1) is 0 Å². The maximum atomic E-state index is 13.0. The monoisotopic (exact) mass is 465 g/mol. The Kier molecular flexibility index (Phi) is 5.75. The third-order valence-electron chi connectivity index (χ3n) is 3.99. The Bertz CT molecular complexity index is 1210. The van der Waals surface area contributed by atoms with Crippen LogP contribution in [0.25, 0.3) is 17.4 Å². The minimum Gasteiger partial charge on any atom is -0.463 e. The molecular formula is C20H11ClF3N3O3S. The van der Waals surface area contributed by atoms with Crippen molar-refractivity contribution in [2.24, 2.45) is 10.2 Å². The molecule has 1 aromatic carbocycles. The van der Waals surface area contributed by atoms with E-state index in [0.717, 1.165) is 30.0 Å². The number of halogens is 4. The summed E-state index contributed by atoms with van der Waals surface area (Å²) >= 11 is 7.08. The van der Waals surface area contributed by atoms with Crippen molar-refractivity contribution in [3.63, 3.8) is 0 Å². The van der Waals surface area contributed by atoms with Crippen LogP contribution in [0.4, 0.5) is 13.2 Å². The van der Waals surface area contributed by atoms with Crippen molar-refractivity contribution in [3.8, 4) is 11.3 Å². The smallest absolute Gasteiger partial charge is 0.416 e. The minimum atomic E-state index is -4.51. The van der Waals surface area contributed by atoms with E-state index in [1.807, 2.05) is 0 Å². The minimum absolute atomic E-state index is 0.0965. The highest BCUT2D eigenvalue weighted by Gasteiger charge is 2.31. The third-order valence-corrected chi connectivity index (χ3v) is 5.22. The molecular weight excluding hydrogens is 455 g/mol. The Balaban J connectivity index is 1.53. The van der Waals surface area contributed by atoms with Crippen LogP contribution in [-0.4, -0.2) is 17.3 Å². The van der Waals surface area contributed by atoms with Crippen LogP contribution >= 0.6 is 23.4 Å². The van der Waals surface area contributed by atoms with Gasteiger partial charge in [0.2, 0.25) is 0 Å². The standard InChI is InChI=1S/C20H11ClF3N3O3S/c21-15-5-3-11(20(22,23)24)8-14(15)16-6-4-12(30-16)9-17-18(28)26-19(31-17)27-25-10-13-2-1-7-29-13/h1-10H,(H,26,27,28). The average Bonchev–Trinajstić information content (AvgIpc) is 3.45. The van der Waals surface area contributed by atoms with E-state index in [9.17, 15) is 18.0 Å². The number of alkyl halides is 3. The highest BCUT2D eigenvalue weighted by Crippen LogP contribution is 2.37. The van der Waals surface area contributed by atoms with Crippen molar-refractivity contribution >= 4 is 46.7 Å². The van der Waals surface area contributed by atoms with Crippen LogP contribution < -0.4 is 5.32 Å². The Hall–Kier alpha value is -3.24. The van der Waals surface area contributed by atoms with E-state index in [4.69, 9.17) is 20.4 Å². The zero-order valence-corrected chi connectivity index (χ0v) is 16.9. The SMILES string of the molecule is O=C1N/C(=N\N=Cc2ccco2)SC1=Cc1ccc(-c2cc(C(F)(F)F)ccc2Cl)o1. The predicted octanol–water partition coefficient (Wildman–Crippen LogP) is 5.81. The summed E-state index contributed by atoms with van der Waals surface area (Å²) in [5.41, 5.74) is -0.746. The van der Waals surface area contributed by atoms with Crippen LogP contribution in [0.1, 0.15) is 17.1 Å². The van der Waals surface area contributed by atoms with Crippen LogP contribution in [-0.2, 0) is 11.0 Å². The lowest BCUT2D eigenvalue weighted by Gasteiger charge is -2.09. The first-order valence-corrected chi connectivity index (χ1v) is 9.81. The van der Waals surface area contributed by atoms with Crippen molar-refractivity contribution in [3.05, 3.63) is 75.7 Å². The molecule has 0 radical (unpaired) electrons. The van der Waals surface area contributed by atoms with E-state index in [-0.39, 0.29) is 32.2 Å². The fraction of sp³-hybridized carbons (Fsp3) is 0.0500. The maximum absolute atomic E-state index is 13.0. The van der Waals surface area contributed by atoms with Gasteiger partial charge in [-0.3, -0.25) is 10.1 Å². The summed E-state index contributed by atoms with van der Waals surface area (Å²) in [4.78, 5) is 12.4. The highest BCUT2D eigenvalue weighted by molar-refractivity contribution is 8.18. The Labute approximate surface area is 182 Å². The molecule has 0 spiro atoms. The highest BCUT2D eigenvalue weighted by atomic mass is 35.5. The number of thioether (sulfide) groups is 1. The van der Waals surface area contributed by atoms with Crippen LogP contribution in [0.5, 0.6) is 0 Å². The normalized spacial score (nSPS) is 17.2. The van der Waals surface area contributed by atoms with Gasteiger partial charge in [-0.05, 0) is 54.2 Å². The molecule has 1 amide bonds. The molecule has 0 unspecified atom stereocenters. The van der Waals surface area contributed by atoms with Gasteiger partial charge in [0.25, 0.3) is 5.91 Å². The average molecular weight is 466 g/mol. The van der Waals surface area contributed by atoms with E-state index in [1.165, 1.54) is 30.7 Å². The quantitative estimate of drug-likeness (QED) is 0.300. The summed E-state index contributed by atoms with van der Waals surface area (Å²) in [6.07, 6.45) is -0.182. The number of rotatable bonds is 4.